The van der Waals surface area contributed by atoms with Crippen LogP contribution >= 0.6 is 0 Å². The number of hydrogen-bond acceptors (Lipinski definition) is 4. The monoisotopic (exact) mass is 420 g/mol. The molecule has 1 aromatic heterocycles. The van der Waals surface area contributed by atoms with Crippen molar-refractivity contribution < 1.29 is 9.53 Å². The lowest BCUT2D eigenvalue weighted by molar-refractivity contribution is 0.0827. The molecule has 8 heteroatoms. The Balaban J connectivity index is 1.51. The Morgan fingerprint density at radius 3 is 2.32 bits per heavy atom. The van der Waals surface area contributed by atoms with Crippen LogP contribution in [0.1, 0.15) is 21.6 Å². The van der Waals surface area contributed by atoms with E-state index in [2.05, 4.69) is 20.7 Å². The fourth-order valence-electron chi connectivity index (χ4n) is 2.94. The molecule has 0 spiro atoms. The summed E-state index contributed by atoms with van der Waals surface area (Å²) in [4.78, 5) is 17.8. The van der Waals surface area contributed by atoms with Gasteiger partial charge in [-0.15, -0.1) is 0 Å². The quantitative estimate of drug-likeness (QED) is 0.453. The fraction of sp³-hybridized carbons (Fsp3) is 0.261. The zero-order chi connectivity index (χ0) is 22.2. The number of benzene rings is 2. The highest BCUT2D eigenvalue weighted by Gasteiger charge is 2.08. The first-order valence-corrected chi connectivity index (χ1v) is 9.94. The van der Waals surface area contributed by atoms with Crippen LogP contribution in [0.4, 0.5) is 0 Å². The molecule has 0 fully saturated rings. The first-order chi connectivity index (χ1) is 15.0. The molecule has 8 nitrogen and oxygen atoms in total. The van der Waals surface area contributed by atoms with E-state index in [-0.39, 0.29) is 5.91 Å². The first-order valence-electron chi connectivity index (χ1n) is 9.94. The third kappa shape index (κ3) is 5.85. The van der Waals surface area contributed by atoms with Crippen molar-refractivity contribution in [2.75, 3.05) is 28.3 Å². The number of nitrogens with one attached hydrogen (secondary N) is 2. The number of carbonyl (C=O) groups is 1. The molecule has 0 radical (unpaired) electrons. The third-order valence-corrected chi connectivity index (χ3v) is 4.71. The van der Waals surface area contributed by atoms with Gasteiger partial charge in [0.15, 0.2) is 5.96 Å². The zero-order valence-electron chi connectivity index (χ0n) is 18.3. The molecule has 31 heavy (non-hydrogen) atoms. The average Bonchev–Trinajstić information content (AvgIpc) is 3.28. The number of guanidine groups is 1. The number of carbonyl (C=O) groups excluding carboxylic acids is 1. The average molecular weight is 421 g/mol. The van der Waals surface area contributed by atoms with Gasteiger partial charge in [-0.05, 0) is 48.0 Å². The second kappa shape index (κ2) is 10.3. The number of aliphatic imine (C=N–C) groups is 1. The second-order valence-corrected chi connectivity index (χ2v) is 7.13. The van der Waals surface area contributed by atoms with E-state index in [0.29, 0.717) is 24.6 Å². The van der Waals surface area contributed by atoms with Crippen molar-refractivity contribution in [1.29, 1.82) is 0 Å². The van der Waals surface area contributed by atoms with E-state index in [1.807, 2.05) is 65.5 Å². The number of ether oxygens (including phenoxy) is 1. The standard InChI is InChI=1S/C23H28N6O2/c1-24-23(25-15-17-5-7-18(8-6-17)22(30)28(2)3)26-16-19-13-14-29(27-19)20-9-11-21(31-4)12-10-20/h5-14H,15-16H2,1-4H3,(H2,24,25,26). The van der Waals surface area contributed by atoms with E-state index in [4.69, 9.17) is 4.74 Å². The maximum atomic E-state index is 12.0. The minimum absolute atomic E-state index is 0.00828. The predicted octanol–water partition coefficient (Wildman–Crippen LogP) is 2.45. The molecule has 1 amide bonds. The highest BCUT2D eigenvalue weighted by molar-refractivity contribution is 5.93. The Morgan fingerprint density at radius 2 is 1.71 bits per heavy atom. The smallest absolute Gasteiger partial charge is 0.253 e. The lowest BCUT2D eigenvalue weighted by Gasteiger charge is -2.12. The summed E-state index contributed by atoms with van der Waals surface area (Å²) in [6.45, 7) is 1.13. The van der Waals surface area contributed by atoms with Gasteiger partial charge in [-0.3, -0.25) is 9.79 Å². The maximum Gasteiger partial charge on any atom is 0.253 e. The van der Waals surface area contributed by atoms with Crippen LogP contribution in [0.5, 0.6) is 5.75 Å². The van der Waals surface area contributed by atoms with Crippen LogP contribution in [-0.2, 0) is 13.1 Å². The molecule has 0 atom stereocenters. The Hall–Kier alpha value is -3.81. The number of rotatable bonds is 7. The van der Waals surface area contributed by atoms with Gasteiger partial charge in [0.05, 0.1) is 25.0 Å². The molecular formula is C23H28N6O2. The third-order valence-electron chi connectivity index (χ3n) is 4.71. The number of methoxy groups -OCH3 is 1. The first kappa shape index (κ1) is 21.9. The van der Waals surface area contributed by atoms with Crippen LogP contribution in [0.15, 0.2) is 65.8 Å². The molecule has 162 valence electrons. The summed E-state index contributed by atoms with van der Waals surface area (Å²) in [7, 11) is 6.86. The summed E-state index contributed by atoms with van der Waals surface area (Å²) in [5.41, 5.74) is 3.59. The Bertz CT molecular complexity index is 1020. The summed E-state index contributed by atoms with van der Waals surface area (Å²) in [6.07, 6.45) is 1.92. The Kier molecular flexibility index (Phi) is 7.26. The summed E-state index contributed by atoms with van der Waals surface area (Å²) < 4.78 is 7.01. The van der Waals surface area contributed by atoms with E-state index in [0.717, 1.165) is 22.7 Å². The molecule has 0 aliphatic carbocycles. The van der Waals surface area contributed by atoms with E-state index < -0.39 is 0 Å². The van der Waals surface area contributed by atoms with Gasteiger partial charge in [-0.1, -0.05) is 12.1 Å². The molecule has 0 bridgehead atoms. The van der Waals surface area contributed by atoms with E-state index in [1.54, 1.807) is 33.2 Å². The zero-order valence-corrected chi connectivity index (χ0v) is 18.3. The van der Waals surface area contributed by atoms with Gasteiger partial charge in [0.2, 0.25) is 0 Å². The van der Waals surface area contributed by atoms with Crippen molar-refractivity contribution >= 4 is 11.9 Å². The van der Waals surface area contributed by atoms with Crippen molar-refractivity contribution in [2.45, 2.75) is 13.1 Å². The molecule has 1 heterocycles. The summed E-state index contributed by atoms with van der Waals surface area (Å²) >= 11 is 0. The number of amides is 1. The van der Waals surface area contributed by atoms with Gasteiger partial charge in [-0.2, -0.15) is 5.10 Å². The van der Waals surface area contributed by atoms with Crippen LogP contribution in [-0.4, -0.2) is 54.8 Å². The SMILES string of the molecule is CN=C(NCc1ccc(C(=O)N(C)C)cc1)NCc1ccn(-c2ccc(OC)cc2)n1. The van der Waals surface area contributed by atoms with Crippen LogP contribution in [0, 0.1) is 0 Å². The van der Waals surface area contributed by atoms with Gasteiger partial charge in [0, 0.05) is 39.4 Å². The van der Waals surface area contributed by atoms with Crippen molar-refractivity contribution in [2.24, 2.45) is 4.99 Å². The van der Waals surface area contributed by atoms with Crippen LogP contribution < -0.4 is 15.4 Å². The normalized spacial score (nSPS) is 11.2. The molecule has 0 aliphatic heterocycles. The highest BCUT2D eigenvalue weighted by Crippen LogP contribution is 2.14. The van der Waals surface area contributed by atoms with Gasteiger partial charge in [-0.25, -0.2) is 4.68 Å². The lowest BCUT2D eigenvalue weighted by Crippen LogP contribution is -2.36. The van der Waals surface area contributed by atoms with Crippen LogP contribution in [0.2, 0.25) is 0 Å². The van der Waals surface area contributed by atoms with Gasteiger partial charge in [0.1, 0.15) is 5.75 Å². The van der Waals surface area contributed by atoms with E-state index in [9.17, 15) is 4.79 Å². The summed E-state index contributed by atoms with van der Waals surface area (Å²) in [6, 6.07) is 17.2. The summed E-state index contributed by atoms with van der Waals surface area (Å²) in [5.74, 6) is 1.48. The Labute approximate surface area is 182 Å². The topological polar surface area (TPSA) is 83.8 Å². The molecule has 3 aromatic rings. The van der Waals surface area contributed by atoms with Gasteiger partial charge >= 0.3 is 0 Å². The molecular weight excluding hydrogens is 392 g/mol. The molecule has 0 saturated carbocycles. The van der Waals surface area contributed by atoms with Gasteiger partial charge in [0.25, 0.3) is 5.91 Å². The van der Waals surface area contributed by atoms with Crippen molar-refractivity contribution in [1.82, 2.24) is 25.3 Å². The molecule has 2 aromatic carbocycles. The Morgan fingerprint density at radius 1 is 1.03 bits per heavy atom. The molecule has 0 unspecified atom stereocenters. The molecule has 3 rings (SSSR count). The highest BCUT2D eigenvalue weighted by atomic mass is 16.5. The molecule has 0 aliphatic rings. The second-order valence-electron chi connectivity index (χ2n) is 7.13. The largest absolute Gasteiger partial charge is 0.497 e. The lowest BCUT2D eigenvalue weighted by atomic mass is 10.1. The molecule has 2 N–H and O–H groups in total. The minimum Gasteiger partial charge on any atom is -0.497 e. The maximum absolute atomic E-state index is 12.0. The minimum atomic E-state index is -0.00828. The van der Waals surface area contributed by atoms with E-state index in [1.165, 1.54) is 0 Å². The number of hydrogen-bond donors (Lipinski definition) is 2. The van der Waals surface area contributed by atoms with Crippen molar-refractivity contribution in [3.63, 3.8) is 0 Å². The van der Waals surface area contributed by atoms with Crippen LogP contribution in [0.25, 0.3) is 5.69 Å². The van der Waals surface area contributed by atoms with Crippen molar-refractivity contribution in [3.05, 3.63) is 77.6 Å². The van der Waals surface area contributed by atoms with Crippen LogP contribution in [0.3, 0.4) is 0 Å². The fourth-order valence-corrected chi connectivity index (χ4v) is 2.94. The van der Waals surface area contributed by atoms with Crippen molar-refractivity contribution in [3.8, 4) is 11.4 Å². The predicted molar refractivity (Wildman–Crippen MR) is 122 cm³/mol. The molecule has 0 saturated heterocycles. The number of nitrogens with zero attached hydrogens (tertiary/aromatic N) is 4. The van der Waals surface area contributed by atoms with E-state index >= 15 is 0 Å². The summed E-state index contributed by atoms with van der Waals surface area (Å²) in [5, 5.41) is 11.1. The van der Waals surface area contributed by atoms with Gasteiger partial charge < -0.3 is 20.3 Å². The number of aromatic nitrogens is 2.